The summed E-state index contributed by atoms with van der Waals surface area (Å²) in [6, 6.07) is 6.65. The molecule has 0 fully saturated rings. The molecule has 114 valence electrons. The van der Waals surface area contributed by atoms with Crippen molar-refractivity contribution in [1.29, 1.82) is 0 Å². The van der Waals surface area contributed by atoms with Gasteiger partial charge in [-0.2, -0.15) is 0 Å². The van der Waals surface area contributed by atoms with Crippen molar-refractivity contribution in [1.82, 2.24) is 14.3 Å². The Hall–Kier alpha value is -1.90. The van der Waals surface area contributed by atoms with Crippen LogP contribution in [0.1, 0.15) is 16.1 Å². The highest BCUT2D eigenvalue weighted by Gasteiger charge is 2.18. The SMILES string of the molecule is CN(C)Cc1cc2ccc(C(=O)NN)cc2n1S(C)(=O)=O. The Morgan fingerprint density at radius 1 is 1.33 bits per heavy atom. The second-order valence-corrected chi connectivity index (χ2v) is 6.98. The van der Waals surface area contributed by atoms with Gasteiger partial charge in [0.25, 0.3) is 5.91 Å². The fourth-order valence-corrected chi connectivity index (χ4v) is 3.34. The summed E-state index contributed by atoms with van der Waals surface area (Å²) in [4.78, 5) is 13.5. The van der Waals surface area contributed by atoms with Crippen LogP contribution in [-0.4, -0.2) is 43.5 Å². The van der Waals surface area contributed by atoms with E-state index in [1.807, 2.05) is 24.4 Å². The van der Waals surface area contributed by atoms with Crippen molar-refractivity contribution in [3.05, 3.63) is 35.5 Å². The van der Waals surface area contributed by atoms with Crippen molar-refractivity contribution in [2.24, 2.45) is 5.84 Å². The van der Waals surface area contributed by atoms with E-state index in [0.717, 1.165) is 11.6 Å². The van der Waals surface area contributed by atoms with Crippen LogP contribution in [0.5, 0.6) is 0 Å². The van der Waals surface area contributed by atoms with Gasteiger partial charge in [0.2, 0.25) is 10.0 Å². The minimum atomic E-state index is -3.48. The van der Waals surface area contributed by atoms with Crippen molar-refractivity contribution in [3.63, 3.8) is 0 Å². The number of nitrogens with one attached hydrogen (secondary N) is 1. The van der Waals surface area contributed by atoms with Gasteiger partial charge in [-0.05, 0) is 32.3 Å². The van der Waals surface area contributed by atoms with Gasteiger partial charge in [-0.25, -0.2) is 18.2 Å². The number of nitrogens with zero attached hydrogens (tertiary/aromatic N) is 2. The molecular weight excluding hydrogens is 292 g/mol. The summed E-state index contributed by atoms with van der Waals surface area (Å²) in [5.74, 6) is 4.65. The van der Waals surface area contributed by atoms with Crippen LogP contribution in [0.25, 0.3) is 10.9 Å². The van der Waals surface area contributed by atoms with Crippen LogP contribution in [-0.2, 0) is 16.6 Å². The van der Waals surface area contributed by atoms with Crippen LogP contribution in [0.2, 0.25) is 0 Å². The predicted octanol–water partition coefficient (Wildman–Crippen LogP) is 0.114. The number of rotatable bonds is 4. The van der Waals surface area contributed by atoms with Gasteiger partial charge in [0, 0.05) is 23.2 Å². The first-order valence-electron chi connectivity index (χ1n) is 6.24. The number of benzene rings is 1. The molecule has 2 aromatic rings. The predicted molar refractivity (Wildman–Crippen MR) is 81.2 cm³/mol. The quantitative estimate of drug-likeness (QED) is 0.475. The van der Waals surface area contributed by atoms with Crippen LogP contribution in [0.3, 0.4) is 0 Å². The number of hydrogen-bond donors (Lipinski definition) is 2. The van der Waals surface area contributed by atoms with Gasteiger partial charge < -0.3 is 4.90 Å². The molecule has 0 saturated heterocycles. The Labute approximate surface area is 123 Å². The summed E-state index contributed by atoms with van der Waals surface area (Å²) in [5, 5.41) is 0.755. The zero-order valence-corrected chi connectivity index (χ0v) is 12.9. The highest BCUT2D eigenvalue weighted by Crippen LogP contribution is 2.24. The van der Waals surface area contributed by atoms with E-state index in [9.17, 15) is 13.2 Å². The van der Waals surface area contributed by atoms with Gasteiger partial charge in [-0.1, -0.05) is 6.07 Å². The Morgan fingerprint density at radius 3 is 2.52 bits per heavy atom. The fourth-order valence-electron chi connectivity index (χ4n) is 2.28. The summed E-state index contributed by atoms with van der Waals surface area (Å²) in [6.07, 6.45) is 1.14. The van der Waals surface area contributed by atoms with Crippen molar-refractivity contribution in [3.8, 4) is 0 Å². The molecule has 2 rings (SSSR count). The molecular formula is C13H18N4O3S. The van der Waals surface area contributed by atoms with E-state index in [4.69, 9.17) is 5.84 Å². The number of hydrogen-bond acceptors (Lipinski definition) is 5. The molecule has 0 bridgehead atoms. The normalized spacial score (nSPS) is 12.0. The molecule has 1 aromatic carbocycles. The molecule has 1 amide bonds. The lowest BCUT2D eigenvalue weighted by Crippen LogP contribution is -2.30. The first kappa shape index (κ1) is 15.5. The molecule has 0 unspecified atom stereocenters. The molecule has 21 heavy (non-hydrogen) atoms. The third-order valence-corrected chi connectivity index (χ3v) is 4.13. The second-order valence-electron chi connectivity index (χ2n) is 5.15. The summed E-state index contributed by atoms with van der Waals surface area (Å²) < 4.78 is 25.4. The van der Waals surface area contributed by atoms with Gasteiger partial charge in [0.05, 0.1) is 11.8 Å². The topological polar surface area (TPSA) is 97.4 Å². The molecule has 3 N–H and O–H groups in total. The van der Waals surface area contributed by atoms with Crippen molar-refractivity contribution in [2.75, 3.05) is 20.4 Å². The molecule has 0 aliphatic carbocycles. The van der Waals surface area contributed by atoms with Crippen LogP contribution >= 0.6 is 0 Å². The van der Waals surface area contributed by atoms with E-state index >= 15 is 0 Å². The molecule has 8 heteroatoms. The first-order chi connectivity index (χ1) is 9.74. The summed E-state index contributed by atoms with van der Waals surface area (Å²) in [7, 11) is 0.233. The Morgan fingerprint density at radius 2 is 2.00 bits per heavy atom. The number of hydrazine groups is 1. The standard InChI is InChI=1S/C13H18N4O3S/c1-16(2)8-11-6-9-4-5-10(13(18)15-14)7-12(9)17(11)21(3,19)20/h4-7H,8,14H2,1-3H3,(H,15,18). The van der Waals surface area contributed by atoms with E-state index in [1.54, 1.807) is 18.2 Å². The molecule has 7 nitrogen and oxygen atoms in total. The first-order valence-corrected chi connectivity index (χ1v) is 8.09. The Bertz CT molecular complexity index is 793. The molecule has 0 atom stereocenters. The highest BCUT2D eigenvalue weighted by atomic mass is 32.2. The molecule has 0 aliphatic heterocycles. The molecule has 0 spiro atoms. The van der Waals surface area contributed by atoms with Crippen LogP contribution in [0.4, 0.5) is 0 Å². The summed E-state index contributed by atoms with van der Waals surface area (Å²) in [6.45, 7) is 0.472. The van der Waals surface area contributed by atoms with Gasteiger partial charge in [0.1, 0.15) is 0 Å². The average Bonchev–Trinajstić information content (AvgIpc) is 2.73. The van der Waals surface area contributed by atoms with E-state index in [-0.39, 0.29) is 0 Å². The maximum atomic E-state index is 12.1. The van der Waals surface area contributed by atoms with Gasteiger partial charge >= 0.3 is 0 Å². The van der Waals surface area contributed by atoms with Gasteiger partial charge in [-0.15, -0.1) is 0 Å². The lowest BCUT2D eigenvalue weighted by Gasteiger charge is -2.12. The molecule has 0 aliphatic rings. The zero-order valence-electron chi connectivity index (χ0n) is 12.1. The van der Waals surface area contributed by atoms with Gasteiger partial charge in [0.15, 0.2) is 0 Å². The highest BCUT2D eigenvalue weighted by molar-refractivity contribution is 7.89. The number of carbonyl (C=O) groups is 1. The maximum Gasteiger partial charge on any atom is 0.265 e. The van der Waals surface area contributed by atoms with Crippen LogP contribution in [0, 0.1) is 0 Å². The minimum Gasteiger partial charge on any atom is -0.304 e. The third-order valence-electron chi connectivity index (χ3n) is 3.04. The molecule has 1 heterocycles. The summed E-state index contributed by atoms with van der Waals surface area (Å²) >= 11 is 0. The minimum absolute atomic E-state index is 0.310. The van der Waals surface area contributed by atoms with Crippen LogP contribution in [0.15, 0.2) is 24.3 Å². The van der Waals surface area contributed by atoms with E-state index < -0.39 is 15.9 Å². The third kappa shape index (κ3) is 3.07. The van der Waals surface area contributed by atoms with E-state index in [0.29, 0.717) is 23.3 Å². The van der Waals surface area contributed by atoms with Crippen LogP contribution < -0.4 is 11.3 Å². The van der Waals surface area contributed by atoms with Crippen molar-refractivity contribution in [2.45, 2.75) is 6.54 Å². The molecule has 0 radical (unpaired) electrons. The maximum absolute atomic E-state index is 12.1. The average molecular weight is 310 g/mol. The molecule has 1 aromatic heterocycles. The summed E-state index contributed by atoms with van der Waals surface area (Å²) in [5.41, 5.74) is 3.46. The zero-order chi connectivity index (χ0) is 15.8. The number of nitrogen functional groups attached to an aromatic ring is 1. The smallest absolute Gasteiger partial charge is 0.265 e. The number of fused-ring (bicyclic) bond motifs is 1. The number of aromatic nitrogens is 1. The van der Waals surface area contributed by atoms with E-state index in [1.165, 1.54) is 10.0 Å². The number of carbonyl (C=O) groups excluding carboxylic acids is 1. The lowest BCUT2D eigenvalue weighted by molar-refractivity contribution is 0.0953. The fraction of sp³-hybridized carbons (Fsp3) is 0.308. The Balaban J connectivity index is 2.74. The number of nitrogens with two attached hydrogens (primary N) is 1. The van der Waals surface area contributed by atoms with Gasteiger partial charge in [-0.3, -0.25) is 10.2 Å². The molecule has 0 saturated carbocycles. The second kappa shape index (κ2) is 5.47. The number of amides is 1. The Kier molecular flexibility index (Phi) is 4.04. The largest absolute Gasteiger partial charge is 0.304 e. The monoisotopic (exact) mass is 310 g/mol. The van der Waals surface area contributed by atoms with Crippen molar-refractivity contribution < 1.29 is 13.2 Å². The lowest BCUT2D eigenvalue weighted by atomic mass is 10.1. The van der Waals surface area contributed by atoms with E-state index in [2.05, 4.69) is 0 Å². The van der Waals surface area contributed by atoms with Crippen molar-refractivity contribution >= 4 is 26.8 Å².